The van der Waals surface area contributed by atoms with Crippen molar-refractivity contribution < 1.29 is 15.0 Å². The zero-order chi connectivity index (χ0) is 21.7. The van der Waals surface area contributed by atoms with Gasteiger partial charge in [0.2, 0.25) is 0 Å². The molecule has 0 amide bonds. The minimum absolute atomic E-state index is 0.202. The van der Waals surface area contributed by atoms with Gasteiger partial charge < -0.3 is 10.2 Å². The molecular formula is C25H42O3. The predicted molar refractivity (Wildman–Crippen MR) is 118 cm³/mol. The van der Waals surface area contributed by atoms with E-state index in [1.54, 1.807) is 0 Å². The molecule has 0 saturated heterocycles. The van der Waals surface area contributed by atoms with Crippen molar-refractivity contribution in [3.8, 4) is 5.75 Å². The number of phenols is 1. The van der Waals surface area contributed by atoms with Gasteiger partial charge >= 0.3 is 5.97 Å². The van der Waals surface area contributed by atoms with Crippen molar-refractivity contribution in [3.05, 3.63) is 28.8 Å². The van der Waals surface area contributed by atoms with Gasteiger partial charge in [-0.25, -0.2) is 0 Å². The lowest BCUT2D eigenvalue weighted by Gasteiger charge is -2.29. The third kappa shape index (κ3) is 6.83. The number of aliphatic carboxylic acids is 1. The summed E-state index contributed by atoms with van der Waals surface area (Å²) in [6.45, 7) is 16.9. The standard InChI is InChI=1S/C25H42O3/c1-9-11-12-17(10-2)13-19(23(27)28)14-18-15-20(24(3,4)5)22(26)21(16-18)25(6,7)8/h15-17,19,26H,9-14H2,1-8H3,(H,27,28). The first-order valence-electron chi connectivity index (χ1n) is 10.9. The van der Waals surface area contributed by atoms with Crippen LogP contribution >= 0.6 is 0 Å². The van der Waals surface area contributed by atoms with Crippen LogP contribution < -0.4 is 0 Å². The van der Waals surface area contributed by atoms with Gasteiger partial charge in [0.25, 0.3) is 0 Å². The van der Waals surface area contributed by atoms with E-state index in [9.17, 15) is 15.0 Å². The van der Waals surface area contributed by atoms with Crippen LogP contribution in [0, 0.1) is 11.8 Å². The molecule has 2 N–H and O–H groups in total. The molecule has 1 rings (SSSR count). The van der Waals surface area contributed by atoms with E-state index in [-0.39, 0.29) is 16.7 Å². The number of carbonyl (C=O) groups is 1. The molecule has 0 fully saturated rings. The van der Waals surface area contributed by atoms with Gasteiger partial charge in [0.05, 0.1) is 5.92 Å². The zero-order valence-corrected chi connectivity index (χ0v) is 19.4. The molecule has 160 valence electrons. The molecule has 0 aromatic heterocycles. The molecule has 0 saturated carbocycles. The number of unbranched alkanes of at least 4 members (excludes halogenated alkanes) is 1. The van der Waals surface area contributed by atoms with Crippen LogP contribution in [-0.4, -0.2) is 16.2 Å². The molecule has 28 heavy (non-hydrogen) atoms. The minimum atomic E-state index is -0.711. The van der Waals surface area contributed by atoms with Gasteiger partial charge in [-0.2, -0.15) is 0 Å². The van der Waals surface area contributed by atoms with Gasteiger partial charge in [-0.1, -0.05) is 93.2 Å². The van der Waals surface area contributed by atoms with Crippen LogP contribution in [0.15, 0.2) is 12.1 Å². The van der Waals surface area contributed by atoms with E-state index < -0.39 is 5.97 Å². The van der Waals surface area contributed by atoms with Gasteiger partial charge in [-0.15, -0.1) is 0 Å². The zero-order valence-electron chi connectivity index (χ0n) is 19.4. The van der Waals surface area contributed by atoms with Crippen LogP contribution in [0.4, 0.5) is 0 Å². The molecule has 0 aliphatic carbocycles. The molecule has 2 atom stereocenters. The topological polar surface area (TPSA) is 57.5 Å². The predicted octanol–water partition coefficient (Wildman–Crippen LogP) is 6.84. The molecule has 0 aliphatic heterocycles. The Morgan fingerprint density at radius 1 is 1.00 bits per heavy atom. The summed E-state index contributed by atoms with van der Waals surface area (Å²) in [5.41, 5.74) is 2.41. The number of aromatic hydroxyl groups is 1. The maximum absolute atomic E-state index is 12.0. The number of hydrogen-bond acceptors (Lipinski definition) is 2. The molecular weight excluding hydrogens is 348 g/mol. The molecule has 0 spiro atoms. The fourth-order valence-corrected chi connectivity index (χ4v) is 3.90. The fourth-order valence-electron chi connectivity index (χ4n) is 3.90. The Labute approximate surface area is 172 Å². The highest BCUT2D eigenvalue weighted by atomic mass is 16.4. The molecule has 0 aliphatic rings. The fraction of sp³-hybridized carbons (Fsp3) is 0.720. The molecule has 0 radical (unpaired) electrons. The molecule has 1 aromatic rings. The van der Waals surface area contributed by atoms with E-state index in [2.05, 4.69) is 55.4 Å². The summed E-state index contributed by atoms with van der Waals surface area (Å²) < 4.78 is 0. The highest BCUT2D eigenvalue weighted by Crippen LogP contribution is 2.40. The summed E-state index contributed by atoms with van der Waals surface area (Å²) in [6.07, 6.45) is 5.68. The van der Waals surface area contributed by atoms with Gasteiger partial charge in [0.15, 0.2) is 0 Å². The molecule has 2 unspecified atom stereocenters. The molecule has 1 aromatic carbocycles. The summed E-state index contributed by atoms with van der Waals surface area (Å²) in [5, 5.41) is 20.8. The lowest BCUT2D eigenvalue weighted by Crippen LogP contribution is -2.22. The van der Waals surface area contributed by atoms with Gasteiger partial charge in [0.1, 0.15) is 5.75 Å². The van der Waals surface area contributed by atoms with Crippen molar-refractivity contribution in [2.24, 2.45) is 11.8 Å². The lowest BCUT2D eigenvalue weighted by molar-refractivity contribution is -0.142. The number of carboxylic acid groups (broad SMARTS) is 1. The third-order valence-corrected chi connectivity index (χ3v) is 5.78. The third-order valence-electron chi connectivity index (χ3n) is 5.78. The first-order chi connectivity index (χ1) is 12.8. The van der Waals surface area contributed by atoms with Crippen molar-refractivity contribution in [2.75, 3.05) is 0 Å². The Morgan fingerprint density at radius 2 is 1.50 bits per heavy atom. The second-order valence-electron chi connectivity index (χ2n) is 10.4. The summed E-state index contributed by atoms with van der Waals surface area (Å²) in [6, 6.07) is 4.04. The number of phenolic OH excluding ortho intramolecular Hbond substituents is 1. The van der Waals surface area contributed by atoms with Crippen LogP contribution in [0.5, 0.6) is 5.75 Å². The number of carboxylic acids is 1. The molecule has 3 nitrogen and oxygen atoms in total. The number of hydrogen-bond donors (Lipinski definition) is 2. The van der Waals surface area contributed by atoms with Crippen molar-refractivity contribution in [2.45, 2.75) is 105 Å². The largest absolute Gasteiger partial charge is 0.507 e. The van der Waals surface area contributed by atoms with Crippen LogP contribution in [0.1, 0.15) is 104 Å². The first-order valence-corrected chi connectivity index (χ1v) is 10.9. The summed E-state index contributed by atoms with van der Waals surface area (Å²) in [4.78, 5) is 12.0. The quantitative estimate of drug-likeness (QED) is 0.485. The average molecular weight is 391 g/mol. The Balaban J connectivity index is 3.27. The lowest BCUT2D eigenvalue weighted by atomic mass is 9.77. The van der Waals surface area contributed by atoms with E-state index in [1.165, 1.54) is 0 Å². The van der Waals surface area contributed by atoms with Gasteiger partial charge in [-0.05, 0) is 46.3 Å². The maximum Gasteiger partial charge on any atom is 0.306 e. The van der Waals surface area contributed by atoms with Gasteiger partial charge in [-0.3, -0.25) is 4.79 Å². The molecule has 3 heteroatoms. The van der Waals surface area contributed by atoms with Crippen LogP contribution in [0.25, 0.3) is 0 Å². The molecule has 0 heterocycles. The van der Waals surface area contributed by atoms with E-state index >= 15 is 0 Å². The first kappa shape index (κ1) is 24.5. The summed E-state index contributed by atoms with van der Waals surface area (Å²) in [7, 11) is 0. The van der Waals surface area contributed by atoms with Crippen molar-refractivity contribution in [1.82, 2.24) is 0 Å². The Hall–Kier alpha value is -1.51. The summed E-state index contributed by atoms with van der Waals surface area (Å²) >= 11 is 0. The highest BCUT2D eigenvalue weighted by Gasteiger charge is 2.28. The van der Waals surface area contributed by atoms with Crippen molar-refractivity contribution in [3.63, 3.8) is 0 Å². The second kappa shape index (κ2) is 9.80. The number of benzene rings is 1. The average Bonchev–Trinajstić information content (AvgIpc) is 2.56. The minimum Gasteiger partial charge on any atom is -0.507 e. The van der Waals surface area contributed by atoms with Gasteiger partial charge in [0, 0.05) is 0 Å². The highest BCUT2D eigenvalue weighted by molar-refractivity contribution is 5.70. The monoisotopic (exact) mass is 390 g/mol. The van der Waals surface area contributed by atoms with E-state index in [1.807, 2.05) is 12.1 Å². The van der Waals surface area contributed by atoms with E-state index in [0.717, 1.165) is 48.8 Å². The van der Waals surface area contributed by atoms with Crippen molar-refractivity contribution in [1.29, 1.82) is 0 Å². The van der Waals surface area contributed by atoms with Crippen LogP contribution in [-0.2, 0) is 22.0 Å². The van der Waals surface area contributed by atoms with Crippen molar-refractivity contribution >= 4 is 5.97 Å². The SMILES string of the molecule is CCCCC(CC)CC(Cc1cc(C(C)(C)C)c(O)c(C(C)(C)C)c1)C(=O)O. The normalized spacial score (nSPS) is 14.7. The smallest absolute Gasteiger partial charge is 0.306 e. The van der Waals surface area contributed by atoms with Crippen LogP contribution in [0.3, 0.4) is 0 Å². The second-order valence-corrected chi connectivity index (χ2v) is 10.4. The van der Waals surface area contributed by atoms with E-state index in [4.69, 9.17) is 0 Å². The summed E-state index contributed by atoms with van der Waals surface area (Å²) in [5.74, 6) is -0.281. The maximum atomic E-state index is 12.0. The van der Waals surface area contributed by atoms with Crippen LogP contribution in [0.2, 0.25) is 0 Å². The molecule has 0 bridgehead atoms. The number of rotatable bonds is 9. The Bertz CT molecular complexity index is 612. The Kier molecular flexibility index (Phi) is 8.59. The Morgan fingerprint density at radius 3 is 1.86 bits per heavy atom. The van der Waals surface area contributed by atoms with E-state index in [0.29, 0.717) is 18.1 Å².